The van der Waals surface area contributed by atoms with Gasteiger partial charge in [-0.25, -0.2) is 4.79 Å². The lowest BCUT2D eigenvalue weighted by molar-refractivity contribution is -0.144. The molecule has 4 heteroatoms. The summed E-state index contributed by atoms with van der Waals surface area (Å²) in [5, 5.41) is 18.1. The third kappa shape index (κ3) is 1.00. The van der Waals surface area contributed by atoms with Crippen LogP contribution in [0.15, 0.2) is 24.0 Å². The van der Waals surface area contributed by atoms with Crippen molar-refractivity contribution in [2.75, 3.05) is 0 Å². The number of aliphatic hydroxyl groups excluding tert-OH is 1. The second kappa shape index (κ2) is 2.64. The van der Waals surface area contributed by atoms with Gasteiger partial charge in [0.15, 0.2) is 5.54 Å². The van der Waals surface area contributed by atoms with Crippen molar-refractivity contribution >= 4 is 5.97 Å². The zero-order valence-electron chi connectivity index (χ0n) is 6.69. The molecule has 0 aromatic rings. The first-order valence-corrected chi connectivity index (χ1v) is 3.59. The van der Waals surface area contributed by atoms with Crippen LogP contribution >= 0.6 is 0 Å². The average Bonchev–Trinajstić information content (AvgIpc) is 1.99. The van der Waals surface area contributed by atoms with Crippen LogP contribution in [0.5, 0.6) is 0 Å². The van der Waals surface area contributed by atoms with Gasteiger partial charge in [0.1, 0.15) is 5.76 Å². The normalized spacial score (nSPS) is 34.5. The van der Waals surface area contributed by atoms with Crippen LogP contribution in [0.1, 0.15) is 6.92 Å². The Labute approximate surface area is 70.0 Å². The van der Waals surface area contributed by atoms with Crippen LogP contribution in [0.25, 0.3) is 0 Å². The van der Waals surface area contributed by atoms with Gasteiger partial charge in [-0.2, -0.15) is 0 Å². The molecule has 2 atom stereocenters. The van der Waals surface area contributed by atoms with E-state index in [4.69, 9.17) is 10.8 Å². The van der Waals surface area contributed by atoms with Crippen LogP contribution < -0.4 is 5.73 Å². The fourth-order valence-electron chi connectivity index (χ4n) is 1.14. The Morgan fingerprint density at radius 1 is 1.75 bits per heavy atom. The molecule has 0 bridgehead atoms. The Balaban J connectivity index is 3.10. The van der Waals surface area contributed by atoms with E-state index < -0.39 is 17.4 Å². The van der Waals surface area contributed by atoms with Gasteiger partial charge in [0.25, 0.3) is 0 Å². The molecular weight excluding hydrogens is 158 g/mol. The van der Waals surface area contributed by atoms with E-state index in [-0.39, 0.29) is 5.76 Å². The van der Waals surface area contributed by atoms with Crippen LogP contribution in [0, 0.1) is 5.92 Å². The molecule has 12 heavy (non-hydrogen) atoms. The summed E-state index contributed by atoms with van der Waals surface area (Å²) in [5.41, 5.74) is 3.86. The minimum Gasteiger partial charge on any atom is -0.510 e. The number of rotatable bonds is 1. The minimum absolute atomic E-state index is 0.301. The van der Waals surface area contributed by atoms with E-state index in [1.165, 1.54) is 6.08 Å². The highest BCUT2D eigenvalue weighted by Crippen LogP contribution is 2.26. The third-order valence-corrected chi connectivity index (χ3v) is 2.15. The van der Waals surface area contributed by atoms with Crippen molar-refractivity contribution in [2.24, 2.45) is 11.7 Å². The zero-order valence-corrected chi connectivity index (χ0v) is 6.69. The van der Waals surface area contributed by atoms with Crippen LogP contribution in [-0.4, -0.2) is 21.7 Å². The van der Waals surface area contributed by atoms with Gasteiger partial charge in [0.05, 0.1) is 0 Å². The molecule has 66 valence electrons. The van der Waals surface area contributed by atoms with E-state index in [1.54, 1.807) is 19.1 Å². The lowest BCUT2D eigenvalue weighted by atomic mass is 9.81. The number of carboxylic acid groups (broad SMARTS) is 1. The van der Waals surface area contributed by atoms with Gasteiger partial charge in [-0.3, -0.25) is 0 Å². The second-order valence-electron chi connectivity index (χ2n) is 2.90. The SMILES string of the molecule is CC1C=CC=C(O)C1(N)C(=O)O. The highest BCUT2D eigenvalue weighted by molar-refractivity contribution is 5.83. The Morgan fingerprint density at radius 2 is 2.33 bits per heavy atom. The predicted molar refractivity (Wildman–Crippen MR) is 43.6 cm³/mol. The highest BCUT2D eigenvalue weighted by Gasteiger charge is 2.44. The second-order valence-corrected chi connectivity index (χ2v) is 2.90. The Bertz CT molecular complexity index is 269. The number of carbonyl (C=O) groups is 1. The van der Waals surface area contributed by atoms with Crippen LogP contribution in [-0.2, 0) is 4.79 Å². The summed E-state index contributed by atoms with van der Waals surface area (Å²) in [5.74, 6) is -1.92. The number of carboxylic acids is 1. The Hall–Kier alpha value is -1.29. The summed E-state index contributed by atoms with van der Waals surface area (Å²) < 4.78 is 0. The first-order chi connectivity index (χ1) is 5.49. The molecule has 0 aromatic heterocycles. The van der Waals surface area contributed by atoms with Gasteiger partial charge < -0.3 is 15.9 Å². The molecule has 2 unspecified atom stereocenters. The maximum atomic E-state index is 10.7. The number of hydrogen-bond acceptors (Lipinski definition) is 3. The molecule has 0 heterocycles. The van der Waals surface area contributed by atoms with E-state index in [9.17, 15) is 9.90 Å². The molecule has 0 amide bonds. The van der Waals surface area contributed by atoms with Gasteiger partial charge in [-0.15, -0.1) is 0 Å². The fraction of sp³-hybridized carbons (Fsp3) is 0.375. The maximum absolute atomic E-state index is 10.7. The van der Waals surface area contributed by atoms with Crippen molar-refractivity contribution in [1.82, 2.24) is 0 Å². The number of aliphatic hydroxyl groups is 1. The van der Waals surface area contributed by atoms with Crippen molar-refractivity contribution in [3.8, 4) is 0 Å². The molecule has 0 saturated heterocycles. The molecule has 1 aliphatic carbocycles. The van der Waals surface area contributed by atoms with Crippen LogP contribution in [0.2, 0.25) is 0 Å². The summed E-state index contributed by atoms with van der Waals surface area (Å²) in [6.07, 6.45) is 4.54. The van der Waals surface area contributed by atoms with Crippen molar-refractivity contribution in [2.45, 2.75) is 12.5 Å². The lowest BCUT2D eigenvalue weighted by Gasteiger charge is -2.30. The zero-order chi connectivity index (χ0) is 9.35. The monoisotopic (exact) mass is 169 g/mol. The Kier molecular flexibility index (Phi) is 1.94. The molecule has 0 spiro atoms. The minimum atomic E-state index is -1.66. The molecule has 1 rings (SSSR count). The van der Waals surface area contributed by atoms with Gasteiger partial charge in [-0.05, 0) is 6.08 Å². The molecule has 1 aliphatic rings. The summed E-state index contributed by atoms with van der Waals surface area (Å²) >= 11 is 0. The molecule has 0 aliphatic heterocycles. The summed E-state index contributed by atoms with van der Waals surface area (Å²) in [7, 11) is 0. The average molecular weight is 169 g/mol. The van der Waals surface area contributed by atoms with Crippen LogP contribution in [0.4, 0.5) is 0 Å². The van der Waals surface area contributed by atoms with Crippen LogP contribution in [0.3, 0.4) is 0 Å². The van der Waals surface area contributed by atoms with E-state index in [2.05, 4.69) is 0 Å². The number of nitrogens with two attached hydrogens (primary N) is 1. The summed E-state index contributed by atoms with van der Waals surface area (Å²) in [4.78, 5) is 10.7. The van der Waals surface area contributed by atoms with Crippen molar-refractivity contribution in [3.63, 3.8) is 0 Å². The molecule has 0 saturated carbocycles. The van der Waals surface area contributed by atoms with Gasteiger partial charge >= 0.3 is 5.97 Å². The highest BCUT2D eigenvalue weighted by atomic mass is 16.4. The lowest BCUT2D eigenvalue weighted by Crippen LogP contribution is -2.55. The van der Waals surface area contributed by atoms with Gasteiger partial charge in [0, 0.05) is 5.92 Å². The fourth-order valence-corrected chi connectivity index (χ4v) is 1.14. The molecule has 0 aromatic carbocycles. The van der Waals surface area contributed by atoms with Crippen molar-refractivity contribution in [1.29, 1.82) is 0 Å². The molecule has 0 fully saturated rings. The third-order valence-electron chi connectivity index (χ3n) is 2.15. The smallest absolute Gasteiger partial charge is 0.332 e. The summed E-state index contributed by atoms with van der Waals surface area (Å²) in [6, 6.07) is 0. The number of allylic oxidation sites excluding steroid dienone is 2. The van der Waals surface area contributed by atoms with E-state index in [1.807, 2.05) is 0 Å². The van der Waals surface area contributed by atoms with Gasteiger partial charge in [-0.1, -0.05) is 19.1 Å². The Morgan fingerprint density at radius 3 is 2.67 bits per heavy atom. The molecule has 4 nitrogen and oxygen atoms in total. The standard InChI is InChI=1S/C8H11NO3/c1-5-3-2-4-6(10)8(5,9)7(11)12/h2-5,10H,9H2,1H3,(H,11,12). The van der Waals surface area contributed by atoms with Crippen molar-refractivity contribution in [3.05, 3.63) is 24.0 Å². The molecular formula is C8H11NO3. The topological polar surface area (TPSA) is 83.5 Å². The number of hydrogen-bond donors (Lipinski definition) is 3. The van der Waals surface area contributed by atoms with E-state index in [0.717, 1.165) is 0 Å². The van der Waals surface area contributed by atoms with E-state index in [0.29, 0.717) is 0 Å². The first kappa shape index (κ1) is 8.80. The van der Waals surface area contributed by atoms with E-state index >= 15 is 0 Å². The molecule has 0 radical (unpaired) electrons. The largest absolute Gasteiger partial charge is 0.510 e. The quantitative estimate of drug-likeness (QED) is 0.531. The predicted octanol–water partition coefficient (Wildman–Crippen LogP) is 0.416. The van der Waals surface area contributed by atoms with Gasteiger partial charge in [0.2, 0.25) is 0 Å². The first-order valence-electron chi connectivity index (χ1n) is 3.59. The molecule has 4 N–H and O–H groups in total. The number of aliphatic carboxylic acids is 1. The summed E-state index contributed by atoms with van der Waals surface area (Å²) in [6.45, 7) is 1.65. The maximum Gasteiger partial charge on any atom is 0.332 e. The van der Waals surface area contributed by atoms with Crippen molar-refractivity contribution < 1.29 is 15.0 Å².